The molecule has 0 aromatic rings. The van der Waals surface area contributed by atoms with E-state index in [0.717, 1.165) is 24.8 Å². The summed E-state index contributed by atoms with van der Waals surface area (Å²) in [5.74, 6) is -0.475. The Morgan fingerprint density at radius 1 is 0.545 bits per heavy atom. The number of fused-ring (bicyclic) bond motifs is 5. The maximum atomic E-state index is 12.8. The minimum Gasteiger partial charge on any atom is -0.394 e. The van der Waals surface area contributed by atoms with Gasteiger partial charge in [0, 0.05) is 0 Å². The fourth-order valence-corrected chi connectivity index (χ4v) is 16.3. The van der Waals surface area contributed by atoms with E-state index in [-0.39, 0.29) is 34.5 Å². The van der Waals surface area contributed by atoms with Crippen LogP contribution in [-0.2, 0) is 37.9 Å². The van der Waals surface area contributed by atoms with Gasteiger partial charge in [-0.25, -0.2) is 0 Å². The largest absolute Gasteiger partial charge is 0.394 e. The number of ether oxygens (including phenoxy) is 8. The van der Waals surface area contributed by atoms with Crippen LogP contribution in [0.2, 0.25) is 0 Å². The number of allylic oxidation sites excluding steroid dienone is 2. The lowest BCUT2D eigenvalue weighted by Gasteiger charge is -2.71. The summed E-state index contributed by atoms with van der Waals surface area (Å²) in [7, 11) is 0. The van der Waals surface area contributed by atoms with Gasteiger partial charge in [-0.3, -0.25) is 0 Å². The molecule has 0 aromatic carbocycles. The Bertz CT molecular complexity index is 1990. The van der Waals surface area contributed by atoms with Crippen LogP contribution in [0, 0.1) is 45.3 Å². The predicted molar refractivity (Wildman–Crippen MR) is 266 cm³/mol. The molecule has 0 bridgehead atoms. The molecule has 0 spiro atoms. The van der Waals surface area contributed by atoms with Crippen LogP contribution in [0.15, 0.2) is 11.6 Å². The number of rotatable bonds is 16. The van der Waals surface area contributed by atoms with Gasteiger partial charge in [0.15, 0.2) is 25.2 Å². The van der Waals surface area contributed by atoms with E-state index in [4.69, 9.17) is 37.9 Å². The summed E-state index contributed by atoms with van der Waals surface area (Å²) >= 11 is 0. The monoisotopic (exact) mass is 1110 g/mol. The maximum Gasteiger partial charge on any atom is 0.187 e. The van der Waals surface area contributed by atoms with E-state index >= 15 is 0 Å². The summed E-state index contributed by atoms with van der Waals surface area (Å²) in [5, 5.41) is 162. The average molecular weight is 1110 g/mol. The van der Waals surface area contributed by atoms with Gasteiger partial charge >= 0.3 is 0 Å². The summed E-state index contributed by atoms with van der Waals surface area (Å²) in [4.78, 5) is 0. The number of hydrogen-bond acceptors (Lipinski definition) is 23. The molecule has 446 valence electrons. The molecule has 77 heavy (non-hydrogen) atoms. The second-order valence-corrected chi connectivity index (χ2v) is 25.7. The first-order valence-electron chi connectivity index (χ1n) is 27.9. The maximum absolute atomic E-state index is 12.8. The van der Waals surface area contributed by atoms with Crippen LogP contribution in [0.3, 0.4) is 0 Å². The summed E-state index contributed by atoms with van der Waals surface area (Å²) < 4.78 is 48.9. The molecule has 0 radical (unpaired) electrons. The molecule has 8 aliphatic rings. The molecule has 0 unspecified atom stereocenters. The van der Waals surface area contributed by atoms with Crippen molar-refractivity contribution in [3.63, 3.8) is 0 Å². The highest BCUT2D eigenvalue weighted by Crippen LogP contribution is 2.76. The second-order valence-electron chi connectivity index (χ2n) is 25.7. The molecule has 15 N–H and O–H groups in total. The minimum absolute atomic E-state index is 0.0374. The number of aliphatic hydroxyl groups is 15. The predicted octanol–water partition coefficient (Wildman–Crippen LogP) is -2.20. The first-order valence-corrected chi connectivity index (χ1v) is 27.9. The molecule has 4 saturated heterocycles. The van der Waals surface area contributed by atoms with Crippen LogP contribution in [0.4, 0.5) is 0 Å². The molecule has 0 amide bonds. The molecule has 4 aliphatic heterocycles. The third-order valence-electron chi connectivity index (χ3n) is 20.9. The lowest BCUT2D eigenvalue weighted by Crippen LogP contribution is -2.68. The standard InChI is InChI=1S/C54H92O23/c1-23(2)10-9-14-54(8,77-48-44(69)40(65)37(62)29(74-48)22-70-46-42(67)38(63)34(59)26(19-55)71-46)24-11-16-53(7)33(24)25(58)18-31-51(5)15-13-32(50(3,4)30(51)12-17-52(31,53)6)75-49-45(41(66)36(61)28(21-57)73-49)76-47-43(68)39(64)35(60)27(20-56)72-47/h10,24-49,55-69H,9,11-22H2,1-8H3/t24-,25-,26-,27-,28-,29-,30+,31+,32+,33-,34-,35-,36-,37-,38+,39+,40+,41+,42-,43-,44-,45-,46+,47+,48+,49+,51+,52-,53-,54+/m1/s1. The Kier molecular flexibility index (Phi) is 18.9. The molecule has 30 atom stereocenters. The zero-order valence-electron chi connectivity index (χ0n) is 45.8. The molecule has 8 rings (SSSR count). The highest BCUT2D eigenvalue weighted by molar-refractivity contribution is 5.20. The summed E-state index contributed by atoms with van der Waals surface area (Å²) in [6.07, 6.45) is -25.2. The van der Waals surface area contributed by atoms with Crippen molar-refractivity contribution in [2.24, 2.45) is 45.3 Å². The van der Waals surface area contributed by atoms with Gasteiger partial charge in [-0.2, -0.15) is 0 Å². The van der Waals surface area contributed by atoms with Crippen LogP contribution in [-0.4, -0.2) is 244 Å². The minimum atomic E-state index is -1.82. The van der Waals surface area contributed by atoms with Gasteiger partial charge in [0.2, 0.25) is 0 Å². The SMILES string of the molecule is CC(C)=CCC[C@](C)(O[C@@H]1O[C@H](CO[C@H]2O[C@H](CO)[C@@H](O)[C@H](O)[C@H]2O)[C@@H](O)[C@H](O)[C@H]1O)[C@@H]1CC[C@]2(C)[C@H]1[C@H](O)C[C@H]1[C@@]3(C)CC[C@H](O[C@@H]4O[C@H](CO)[C@@H](O)[C@H](O)[C@H]4O[C@@H]4O[C@H](CO)[C@@H](O)[C@H](O)[C@H]4O)C(C)(C)[C@@H]3CC[C@]12C. The zero-order chi connectivity index (χ0) is 56.6. The topological polar surface area (TPSA) is 377 Å². The Morgan fingerprint density at radius 3 is 1.64 bits per heavy atom. The quantitative estimate of drug-likeness (QED) is 0.0576. The smallest absolute Gasteiger partial charge is 0.187 e. The van der Waals surface area contributed by atoms with Crippen molar-refractivity contribution in [1.29, 1.82) is 0 Å². The van der Waals surface area contributed by atoms with E-state index in [1.807, 2.05) is 20.8 Å². The fraction of sp³-hybridized carbons (Fsp3) is 0.963. The number of aliphatic hydroxyl groups excluding tert-OH is 15. The van der Waals surface area contributed by atoms with Gasteiger partial charge < -0.3 is 114 Å². The van der Waals surface area contributed by atoms with E-state index < -0.39 is 178 Å². The lowest BCUT2D eigenvalue weighted by atomic mass is 9.35. The first-order chi connectivity index (χ1) is 36.0. The van der Waals surface area contributed by atoms with E-state index in [1.165, 1.54) is 0 Å². The van der Waals surface area contributed by atoms with Crippen molar-refractivity contribution in [3.8, 4) is 0 Å². The zero-order valence-corrected chi connectivity index (χ0v) is 45.8. The van der Waals surface area contributed by atoms with Crippen molar-refractivity contribution in [1.82, 2.24) is 0 Å². The Labute approximate surface area is 450 Å². The van der Waals surface area contributed by atoms with Crippen molar-refractivity contribution in [2.45, 2.75) is 254 Å². The molecule has 23 nitrogen and oxygen atoms in total. The Morgan fingerprint density at radius 2 is 1.05 bits per heavy atom. The summed E-state index contributed by atoms with van der Waals surface area (Å²) in [5.41, 5.74) is -1.59. The molecule has 4 heterocycles. The van der Waals surface area contributed by atoms with Crippen molar-refractivity contribution >= 4 is 0 Å². The number of hydrogen-bond donors (Lipinski definition) is 15. The van der Waals surface area contributed by atoms with Gasteiger partial charge in [-0.1, -0.05) is 46.3 Å². The third-order valence-corrected chi connectivity index (χ3v) is 20.9. The Balaban J connectivity index is 1.01. The first kappa shape index (κ1) is 61.9. The average Bonchev–Trinajstić information content (AvgIpc) is 3.96. The van der Waals surface area contributed by atoms with Crippen LogP contribution >= 0.6 is 0 Å². The highest BCUT2D eigenvalue weighted by atomic mass is 16.8. The van der Waals surface area contributed by atoms with Gasteiger partial charge in [0.25, 0.3) is 0 Å². The normalized spacial score (nSPS) is 52.7. The van der Waals surface area contributed by atoms with Crippen LogP contribution < -0.4 is 0 Å². The Hall–Kier alpha value is -1.18. The molecule has 23 heteroatoms. The van der Waals surface area contributed by atoms with Crippen molar-refractivity contribution < 1.29 is 114 Å². The summed E-state index contributed by atoms with van der Waals surface area (Å²) in [6.45, 7) is 14.6. The molecule has 4 saturated carbocycles. The van der Waals surface area contributed by atoms with E-state index in [9.17, 15) is 76.6 Å². The van der Waals surface area contributed by atoms with E-state index in [0.29, 0.717) is 38.5 Å². The molecule has 0 aromatic heterocycles. The summed E-state index contributed by atoms with van der Waals surface area (Å²) in [6, 6.07) is 0. The van der Waals surface area contributed by atoms with Crippen molar-refractivity contribution in [3.05, 3.63) is 11.6 Å². The van der Waals surface area contributed by atoms with Gasteiger partial charge in [0.05, 0.1) is 44.2 Å². The van der Waals surface area contributed by atoms with E-state index in [2.05, 4.69) is 40.7 Å². The van der Waals surface area contributed by atoms with Crippen LogP contribution in [0.1, 0.15) is 113 Å². The van der Waals surface area contributed by atoms with Gasteiger partial charge in [-0.05, 0) is 124 Å². The highest BCUT2D eigenvalue weighted by Gasteiger charge is 2.72. The van der Waals surface area contributed by atoms with Crippen LogP contribution in [0.25, 0.3) is 0 Å². The van der Waals surface area contributed by atoms with Gasteiger partial charge in [-0.15, -0.1) is 0 Å². The third kappa shape index (κ3) is 10.9. The van der Waals surface area contributed by atoms with Crippen molar-refractivity contribution in [2.75, 3.05) is 26.4 Å². The second kappa shape index (κ2) is 23.5. The fourth-order valence-electron chi connectivity index (χ4n) is 16.3. The molecule has 8 fully saturated rings. The molecular weight excluding hydrogens is 1020 g/mol. The van der Waals surface area contributed by atoms with Crippen LogP contribution in [0.5, 0.6) is 0 Å². The van der Waals surface area contributed by atoms with E-state index in [1.54, 1.807) is 0 Å². The molecule has 4 aliphatic carbocycles. The molecular formula is C54H92O23. The lowest BCUT2D eigenvalue weighted by molar-refractivity contribution is -0.378. The van der Waals surface area contributed by atoms with Gasteiger partial charge in [0.1, 0.15) is 97.7 Å².